The SMILES string of the molecule is CC(C)(C)C1CCC(CNCc2ccoc2)CC1. The lowest BCUT2D eigenvalue weighted by atomic mass is 9.70. The van der Waals surface area contributed by atoms with Crippen LogP contribution in [0.15, 0.2) is 23.0 Å². The third-order valence-electron chi connectivity index (χ3n) is 4.41. The Balaban J connectivity index is 1.65. The number of rotatable bonds is 4. The van der Waals surface area contributed by atoms with E-state index in [1.54, 1.807) is 6.26 Å². The van der Waals surface area contributed by atoms with Gasteiger partial charge in [-0.25, -0.2) is 0 Å². The van der Waals surface area contributed by atoms with E-state index in [2.05, 4.69) is 26.1 Å². The second-order valence-corrected chi connectivity index (χ2v) is 6.85. The van der Waals surface area contributed by atoms with Crippen molar-refractivity contribution in [2.24, 2.45) is 17.3 Å². The van der Waals surface area contributed by atoms with E-state index in [1.165, 1.54) is 31.2 Å². The molecule has 1 aromatic rings. The molecule has 0 saturated heterocycles. The number of hydrogen-bond donors (Lipinski definition) is 1. The molecule has 0 unspecified atom stereocenters. The molecule has 1 heterocycles. The van der Waals surface area contributed by atoms with E-state index < -0.39 is 0 Å². The minimum absolute atomic E-state index is 0.495. The molecule has 0 atom stereocenters. The van der Waals surface area contributed by atoms with Crippen LogP contribution in [0.2, 0.25) is 0 Å². The molecule has 1 saturated carbocycles. The van der Waals surface area contributed by atoms with Crippen LogP contribution in [0.5, 0.6) is 0 Å². The van der Waals surface area contributed by atoms with Gasteiger partial charge in [-0.05, 0) is 55.5 Å². The summed E-state index contributed by atoms with van der Waals surface area (Å²) in [5, 5.41) is 3.55. The topological polar surface area (TPSA) is 25.2 Å². The highest BCUT2D eigenvalue weighted by atomic mass is 16.3. The third kappa shape index (κ3) is 3.88. The lowest BCUT2D eigenvalue weighted by Gasteiger charge is -2.37. The lowest BCUT2D eigenvalue weighted by Crippen LogP contribution is -2.30. The summed E-state index contributed by atoms with van der Waals surface area (Å²) in [6.45, 7) is 9.25. The normalized spacial score (nSPS) is 25.3. The number of furan rings is 1. The van der Waals surface area contributed by atoms with E-state index in [-0.39, 0.29) is 0 Å². The highest BCUT2D eigenvalue weighted by molar-refractivity contribution is 5.04. The first kappa shape index (κ1) is 13.7. The van der Waals surface area contributed by atoms with E-state index in [0.29, 0.717) is 5.41 Å². The maximum atomic E-state index is 5.07. The zero-order chi connectivity index (χ0) is 13.0. The Bertz CT molecular complexity index is 328. The van der Waals surface area contributed by atoms with Crippen molar-refractivity contribution in [3.63, 3.8) is 0 Å². The van der Waals surface area contributed by atoms with Crippen molar-refractivity contribution in [2.45, 2.75) is 53.0 Å². The van der Waals surface area contributed by atoms with Gasteiger partial charge in [0.25, 0.3) is 0 Å². The van der Waals surface area contributed by atoms with Crippen molar-refractivity contribution < 1.29 is 4.42 Å². The zero-order valence-electron chi connectivity index (χ0n) is 12.0. The predicted octanol–water partition coefficient (Wildman–Crippen LogP) is 4.22. The van der Waals surface area contributed by atoms with Gasteiger partial charge in [0.05, 0.1) is 12.5 Å². The molecule has 0 bridgehead atoms. The first-order valence-corrected chi connectivity index (χ1v) is 7.27. The molecule has 2 heteroatoms. The van der Waals surface area contributed by atoms with Gasteiger partial charge < -0.3 is 9.73 Å². The summed E-state index contributed by atoms with van der Waals surface area (Å²) in [5.74, 6) is 1.79. The van der Waals surface area contributed by atoms with Gasteiger partial charge in [0.1, 0.15) is 0 Å². The Labute approximate surface area is 111 Å². The van der Waals surface area contributed by atoms with E-state index >= 15 is 0 Å². The van der Waals surface area contributed by atoms with Crippen molar-refractivity contribution in [1.82, 2.24) is 5.32 Å². The highest BCUT2D eigenvalue weighted by Crippen LogP contribution is 2.39. The molecular weight excluding hydrogens is 222 g/mol. The third-order valence-corrected chi connectivity index (χ3v) is 4.41. The highest BCUT2D eigenvalue weighted by Gasteiger charge is 2.29. The van der Waals surface area contributed by atoms with E-state index in [1.807, 2.05) is 12.3 Å². The van der Waals surface area contributed by atoms with Gasteiger partial charge in [-0.15, -0.1) is 0 Å². The molecule has 102 valence electrons. The maximum Gasteiger partial charge on any atom is 0.0947 e. The van der Waals surface area contributed by atoms with Crippen LogP contribution in [0.3, 0.4) is 0 Å². The predicted molar refractivity (Wildman–Crippen MR) is 75.3 cm³/mol. The molecule has 1 fully saturated rings. The van der Waals surface area contributed by atoms with Gasteiger partial charge in [0.15, 0.2) is 0 Å². The summed E-state index contributed by atoms with van der Waals surface area (Å²) in [4.78, 5) is 0. The first-order chi connectivity index (χ1) is 8.55. The van der Waals surface area contributed by atoms with E-state index in [4.69, 9.17) is 4.42 Å². The first-order valence-electron chi connectivity index (χ1n) is 7.27. The molecule has 0 radical (unpaired) electrons. The molecule has 1 aliphatic carbocycles. The molecule has 0 aromatic carbocycles. The van der Waals surface area contributed by atoms with Crippen molar-refractivity contribution >= 4 is 0 Å². The van der Waals surface area contributed by atoms with Crippen LogP contribution >= 0.6 is 0 Å². The van der Waals surface area contributed by atoms with E-state index in [9.17, 15) is 0 Å². The Hall–Kier alpha value is -0.760. The Morgan fingerprint density at radius 1 is 1.22 bits per heavy atom. The van der Waals surface area contributed by atoms with Gasteiger partial charge in [0.2, 0.25) is 0 Å². The largest absolute Gasteiger partial charge is 0.472 e. The van der Waals surface area contributed by atoms with Crippen LogP contribution in [0.4, 0.5) is 0 Å². The summed E-state index contributed by atoms with van der Waals surface area (Å²) >= 11 is 0. The second kappa shape index (κ2) is 5.92. The minimum Gasteiger partial charge on any atom is -0.472 e. The summed E-state index contributed by atoms with van der Waals surface area (Å²) in [6, 6.07) is 2.03. The standard InChI is InChI=1S/C16H27NO/c1-16(2,3)15-6-4-13(5-7-15)10-17-11-14-8-9-18-12-14/h8-9,12-13,15,17H,4-7,10-11H2,1-3H3. The Morgan fingerprint density at radius 2 is 1.94 bits per heavy atom. The van der Waals surface area contributed by atoms with Crippen LogP contribution < -0.4 is 5.32 Å². The summed E-state index contributed by atoms with van der Waals surface area (Å²) in [7, 11) is 0. The second-order valence-electron chi connectivity index (χ2n) is 6.85. The number of nitrogens with one attached hydrogen (secondary N) is 1. The van der Waals surface area contributed by atoms with Gasteiger partial charge in [0, 0.05) is 12.1 Å². The fraction of sp³-hybridized carbons (Fsp3) is 0.750. The Kier molecular flexibility index (Phi) is 4.50. The van der Waals surface area contributed by atoms with Crippen LogP contribution in [-0.2, 0) is 6.54 Å². The molecule has 2 nitrogen and oxygen atoms in total. The molecule has 0 spiro atoms. The van der Waals surface area contributed by atoms with Crippen molar-refractivity contribution in [2.75, 3.05) is 6.54 Å². The van der Waals surface area contributed by atoms with Gasteiger partial charge in [-0.2, -0.15) is 0 Å². The Morgan fingerprint density at radius 3 is 2.50 bits per heavy atom. The van der Waals surface area contributed by atoms with Crippen molar-refractivity contribution in [1.29, 1.82) is 0 Å². The maximum absolute atomic E-state index is 5.07. The smallest absolute Gasteiger partial charge is 0.0947 e. The summed E-state index contributed by atoms with van der Waals surface area (Å²) in [6.07, 6.45) is 9.15. The minimum atomic E-state index is 0.495. The van der Waals surface area contributed by atoms with Gasteiger partial charge in [-0.1, -0.05) is 20.8 Å². The van der Waals surface area contributed by atoms with Crippen LogP contribution in [0, 0.1) is 17.3 Å². The summed E-state index contributed by atoms with van der Waals surface area (Å²) in [5.41, 5.74) is 1.74. The van der Waals surface area contributed by atoms with Crippen molar-refractivity contribution in [3.05, 3.63) is 24.2 Å². The zero-order valence-corrected chi connectivity index (χ0v) is 12.0. The molecule has 1 N–H and O–H groups in total. The fourth-order valence-electron chi connectivity index (χ4n) is 3.05. The van der Waals surface area contributed by atoms with Crippen LogP contribution in [0.25, 0.3) is 0 Å². The molecule has 0 aliphatic heterocycles. The fourth-order valence-corrected chi connectivity index (χ4v) is 3.05. The molecule has 1 aromatic heterocycles. The van der Waals surface area contributed by atoms with Crippen LogP contribution in [0.1, 0.15) is 52.0 Å². The molecule has 18 heavy (non-hydrogen) atoms. The average Bonchev–Trinajstić information content (AvgIpc) is 2.82. The quantitative estimate of drug-likeness (QED) is 0.864. The molecule has 1 aliphatic rings. The average molecular weight is 249 g/mol. The van der Waals surface area contributed by atoms with Gasteiger partial charge in [-0.3, -0.25) is 0 Å². The molecule has 0 amide bonds. The number of hydrogen-bond acceptors (Lipinski definition) is 2. The molecule has 2 rings (SSSR count). The van der Waals surface area contributed by atoms with Crippen molar-refractivity contribution in [3.8, 4) is 0 Å². The van der Waals surface area contributed by atoms with E-state index in [0.717, 1.165) is 24.9 Å². The van der Waals surface area contributed by atoms with Crippen LogP contribution in [-0.4, -0.2) is 6.54 Å². The lowest BCUT2D eigenvalue weighted by molar-refractivity contribution is 0.149. The monoisotopic (exact) mass is 249 g/mol. The summed E-state index contributed by atoms with van der Waals surface area (Å²) < 4.78 is 5.07. The molecular formula is C16H27NO. The van der Waals surface area contributed by atoms with Gasteiger partial charge >= 0.3 is 0 Å².